The van der Waals surface area contributed by atoms with Crippen molar-refractivity contribution in [2.24, 2.45) is 5.10 Å². The van der Waals surface area contributed by atoms with Crippen LogP contribution in [-0.2, 0) is 21.2 Å². The van der Waals surface area contributed by atoms with E-state index in [-0.39, 0.29) is 18.0 Å². The van der Waals surface area contributed by atoms with Gasteiger partial charge in [-0.2, -0.15) is 9.41 Å². The Labute approximate surface area is 202 Å². The van der Waals surface area contributed by atoms with Gasteiger partial charge in [-0.15, -0.1) is 0 Å². The van der Waals surface area contributed by atoms with E-state index in [0.717, 1.165) is 16.7 Å². The zero-order valence-corrected chi connectivity index (χ0v) is 20.6. The number of carbonyl (C=O) groups excluding carboxylic acids is 1. The number of sulfonamides is 1. The van der Waals surface area contributed by atoms with Crippen molar-refractivity contribution in [3.63, 3.8) is 0 Å². The number of carbonyl (C=O) groups is 1. The lowest BCUT2D eigenvalue weighted by Crippen LogP contribution is -2.40. The maximum absolute atomic E-state index is 13.3. The van der Waals surface area contributed by atoms with Gasteiger partial charge in [-0.3, -0.25) is 4.79 Å². The lowest BCUT2D eigenvalue weighted by atomic mass is 10.0. The Bertz CT molecular complexity index is 1200. The van der Waals surface area contributed by atoms with E-state index in [2.05, 4.69) is 24.4 Å². The standard InChI is InChI=1S/C27H31N3O3S/c1-21(2)25-13-11-24(12-14-25)19-28-29-27(31)20-30(18-17-23-7-5-4-6-8-23)34(32,33)26-15-9-22(3)10-16-26/h4-16,19,21H,17-18,20H2,1-3H3,(H,29,31)/b28-19-. The maximum Gasteiger partial charge on any atom is 0.255 e. The summed E-state index contributed by atoms with van der Waals surface area (Å²) in [5.74, 6) is -0.0677. The van der Waals surface area contributed by atoms with Crippen molar-refractivity contribution >= 4 is 22.1 Å². The van der Waals surface area contributed by atoms with Crippen LogP contribution in [0.2, 0.25) is 0 Å². The molecule has 6 nitrogen and oxygen atoms in total. The van der Waals surface area contributed by atoms with Gasteiger partial charge in [0, 0.05) is 6.54 Å². The number of hydrogen-bond acceptors (Lipinski definition) is 4. The van der Waals surface area contributed by atoms with Gasteiger partial charge in [0.15, 0.2) is 0 Å². The van der Waals surface area contributed by atoms with Gasteiger partial charge in [0.2, 0.25) is 10.0 Å². The van der Waals surface area contributed by atoms with E-state index >= 15 is 0 Å². The van der Waals surface area contributed by atoms with Crippen LogP contribution in [0.25, 0.3) is 0 Å². The monoisotopic (exact) mass is 477 g/mol. The summed E-state index contributed by atoms with van der Waals surface area (Å²) in [7, 11) is -3.85. The summed E-state index contributed by atoms with van der Waals surface area (Å²) in [6.07, 6.45) is 2.04. The van der Waals surface area contributed by atoms with Gasteiger partial charge in [-0.25, -0.2) is 13.8 Å². The average Bonchev–Trinajstić information content (AvgIpc) is 2.83. The SMILES string of the molecule is Cc1ccc(S(=O)(=O)N(CCc2ccccc2)CC(=O)N/N=C\c2ccc(C(C)C)cc2)cc1. The molecule has 0 unspecified atom stereocenters. The number of aryl methyl sites for hydroxylation is 1. The van der Waals surface area contributed by atoms with Crippen LogP contribution in [0.4, 0.5) is 0 Å². The Morgan fingerprint density at radius 3 is 2.24 bits per heavy atom. The van der Waals surface area contributed by atoms with Crippen LogP contribution in [0.5, 0.6) is 0 Å². The predicted octanol–water partition coefficient (Wildman–Crippen LogP) is 4.50. The number of nitrogens with one attached hydrogen (secondary N) is 1. The first-order valence-electron chi connectivity index (χ1n) is 11.3. The normalized spacial score (nSPS) is 11.9. The van der Waals surface area contributed by atoms with Crippen LogP contribution in [0.3, 0.4) is 0 Å². The topological polar surface area (TPSA) is 78.8 Å². The molecule has 34 heavy (non-hydrogen) atoms. The highest BCUT2D eigenvalue weighted by Crippen LogP contribution is 2.17. The molecule has 0 atom stereocenters. The van der Waals surface area contributed by atoms with Crippen molar-refractivity contribution in [1.82, 2.24) is 9.73 Å². The Morgan fingerprint density at radius 2 is 1.62 bits per heavy atom. The fraction of sp³-hybridized carbons (Fsp3) is 0.259. The molecular weight excluding hydrogens is 446 g/mol. The zero-order chi connectivity index (χ0) is 24.6. The van der Waals surface area contributed by atoms with Gasteiger partial charge < -0.3 is 0 Å². The number of hydrogen-bond donors (Lipinski definition) is 1. The minimum Gasteiger partial charge on any atom is -0.272 e. The van der Waals surface area contributed by atoms with E-state index in [1.807, 2.05) is 61.5 Å². The van der Waals surface area contributed by atoms with Gasteiger partial charge in [0.1, 0.15) is 0 Å². The molecule has 3 aromatic carbocycles. The molecule has 0 aromatic heterocycles. The fourth-order valence-electron chi connectivity index (χ4n) is 3.38. The zero-order valence-electron chi connectivity index (χ0n) is 19.8. The van der Waals surface area contributed by atoms with E-state index in [0.29, 0.717) is 12.3 Å². The first-order valence-corrected chi connectivity index (χ1v) is 12.7. The molecule has 0 saturated carbocycles. The van der Waals surface area contributed by atoms with Crippen molar-refractivity contribution in [3.05, 3.63) is 101 Å². The molecule has 0 radical (unpaired) electrons. The van der Waals surface area contributed by atoms with Crippen molar-refractivity contribution in [2.45, 2.75) is 38.0 Å². The molecule has 0 aliphatic heterocycles. The summed E-state index contributed by atoms with van der Waals surface area (Å²) < 4.78 is 27.8. The Morgan fingerprint density at radius 1 is 0.971 bits per heavy atom. The lowest BCUT2D eigenvalue weighted by Gasteiger charge is -2.21. The Kier molecular flexibility index (Phi) is 8.73. The Hall–Kier alpha value is -3.29. The van der Waals surface area contributed by atoms with Crippen LogP contribution in [-0.4, -0.2) is 37.9 Å². The molecule has 0 saturated heterocycles. The smallest absolute Gasteiger partial charge is 0.255 e. The lowest BCUT2D eigenvalue weighted by molar-refractivity contribution is -0.121. The van der Waals surface area contributed by atoms with E-state index in [1.54, 1.807) is 30.5 Å². The molecule has 7 heteroatoms. The van der Waals surface area contributed by atoms with Crippen LogP contribution >= 0.6 is 0 Å². The molecule has 3 aromatic rings. The highest BCUT2D eigenvalue weighted by atomic mass is 32.2. The molecule has 0 heterocycles. The third-order valence-electron chi connectivity index (χ3n) is 5.48. The minimum atomic E-state index is -3.85. The summed E-state index contributed by atoms with van der Waals surface area (Å²) in [5, 5.41) is 4.01. The Balaban J connectivity index is 1.70. The van der Waals surface area contributed by atoms with Gasteiger partial charge in [0.05, 0.1) is 17.7 Å². The second-order valence-electron chi connectivity index (χ2n) is 8.50. The molecule has 0 aliphatic carbocycles. The van der Waals surface area contributed by atoms with Gasteiger partial charge in [-0.05, 0) is 48.1 Å². The predicted molar refractivity (Wildman–Crippen MR) is 136 cm³/mol. The molecule has 0 aliphatic rings. The second kappa shape index (κ2) is 11.7. The molecule has 0 spiro atoms. The van der Waals surface area contributed by atoms with E-state index in [9.17, 15) is 13.2 Å². The third kappa shape index (κ3) is 7.10. The second-order valence-corrected chi connectivity index (χ2v) is 10.4. The molecule has 3 rings (SSSR count). The summed E-state index contributed by atoms with van der Waals surface area (Å²) in [5.41, 5.74) is 6.48. The average molecular weight is 478 g/mol. The largest absolute Gasteiger partial charge is 0.272 e. The number of benzene rings is 3. The molecule has 1 N–H and O–H groups in total. The quantitative estimate of drug-likeness (QED) is 0.345. The molecule has 178 valence electrons. The van der Waals surface area contributed by atoms with E-state index in [4.69, 9.17) is 0 Å². The van der Waals surface area contributed by atoms with Crippen LogP contribution in [0.1, 0.15) is 42.0 Å². The summed E-state index contributed by atoms with van der Waals surface area (Å²) >= 11 is 0. The van der Waals surface area contributed by atoms with Crippen molar-refractivity contribution in [3.8, 4) is 0 Å². The number of rotatable bonds is 10. The van der Waals surface area contributed by atoms with Gasteiger partial charge in [-0.1, -0.05) is 86.1 Å². The first-order chi connectivity index (χ1) is 16.3. The minimum absolute atomic E-state index is 0.160. The number of nitrogens with zero attached hydrogens (tertiary/aromatic N) is 2. The summed E-state index contributed by atoms with van der Waals surface area (Å²) in [4.78, 5) is 12.8. The van der Waals surface area contributed by atoms with E-state index in [1.165, 1.54) is 9.87 Å². The van der Waals surface area contributed by atoms with Crippen molar-refractivity contribution in [2.75, 3.05) is 13.1 Å². The summed E-state index contributed by atoms with van der Waals surface area (Å²) in [6.45, 7) is 5.99. The van der Waals surface area contributed by atoms with Crippen LogP contribution in [0, 0.1) is 6.92 Å². The van der Waals surface area contributed by atoms with Crippen LogP contribution < -0.4 is 5.43 Å². The molecule has 1 amide bonds. The van der Waals surface area contributed by atoms with E-state index < -0.39 is 15.9 Å². The number of hydrazone groups is 1. The van der Waals surface area contributed by atoms with Gasteiger partial charge >= 0.3 is 0 Å². The highest BCUT2D eigenvalue weighted by molar-refractivity contribution is 7.89. The van der Waals surface area contributed by atoms with Gasteiger partial charge in [0.25, 0.3) is 5.91 Å². The maximum atomic E-state index is 13.3. The first kappa shape index (κ1) is 25.3. The molecule has 0 bridgehead atoms. The molecular formula is C27H31N3O3S. The third-order valence-corrected chi connectivity index (χ3v) is 7.34. The summed E-state index contributed by atoms with van der Waals surface area (Å²) in [6, 6.07) is 24.1. The molecule has 0 fully saturated rings. The van der Waals surface area contributed by atoms with Crippen LogP contribution in [0.15, 0.2) is 88.9 Å². The van der Waals surface area contributed by atoms with Crippen molar-refractivity contribution in [1.29, 1.82) is 0 Å². The van der Waals surface area contributed by atoms with Crippen molar-refractivity contribution < 1.29 is 13.2 Å². The highest BCUT2D eigenvalue weighted by Gasteiger charge is 2.26. The fourth-order valence-corrected chi connectivity index (χ4v) is 4.78. The number of amides is 1.